The minimum Gasteiger partial charge on any atom is -0.488 e. The van der Waals surface area contributed by atoms with E-state index >= 15 is 0 Å². The van der Waals surface area contributed by atoms with Crippen molar-refractivity contribution in [2.45, 2.75) is 26.3 Å². The van der Waals surface area contributed by atoms with Crippen molar-refractivity contribution in [2.24, 2.45) is 4.99 Å². The number of aromatic nitrogens is 1. The third kappa shape index (κ3) is 2.93. The summed E-state index contributed by atoms with van der Waals surface area (Å²) >= 11 is 0. The molecular formula is C17H15F3N2O. The van der Waals surface area contributed by atoms with E-state index in [1.54, 1.807) is 25.1 Å². The van der Waals surface area contributed by atoms with Crippen LogP contribution in [0.1, 0.15) is 35.7 Å². The predicted octanol–water partition coefficient (Wildman–Crippen LogP) is 4.09. The number of fused-ring (bicyclic) bond motifs is 1. The van der Waals surface area contributed by atoms with Crippen LogP contribution in [0.15, 0.2) is 35.5 Å². The van der Waals surface area contributed by atoms with Gasteiger partial charge in [0.1, 0.15) is 12.3 Å². The summed E-state index contributed by atoms with van der Waals surface area (Å²) in [6.07, 6.45) is -1.29. The molecule has 1 aliphatic rings. The first-order valence-electron chi connectivity index (χ1n) is 7.22. The molecule has 0 aliphatic carbocycles. The van der Waals surface area contributed by atoms with Crippen molar-refractivity contribution in [3.8, 4) is 5.75 Å². The van der Waals surface area contributed by atoms with Crippen LogP contribution < -0.4 is 4.74 Å². The molecular weight excluding hydrogens is 305 g/mol. The molecule has 0 saturated carbocycles. The van der Waals surface area contributed by atoms with Crippen LogP contribution >= 0.6 is 0 Å². The van der Waals surface area contributed by atoms with Crippen LogP contribution in [0.3, 0.4) is 0 Å². The number of para-hydroxylation sites is 1. The van der Waals surface area contributed by atoms with E-state index in [0.717, 1.165) is 0 Å². The summed E-state index contributed by atoms with van der Waals surface area (Å²) in [7, 11) is 0. The molecule has 0 radical (unpaired) electrons. The van der Waals surface area contributed by atoms with Gasteiger partial charge in [0.25, 0.3) is 6.43 Å². The highest BCUT2D eigenvalue weighted by atomic mass is 19.3. The van der Waals surface area contributed by atoms with Crippen molar-refractivity contribution >= 4 is 5.71 Å². The Bertz CT molecular complexity index is 774. The van der Waals surface area contributed by atoms with Gasteiger partial charge in [0.05, 0.1) is 11.8 Å². The Balaban J connectivity index is 2.15. The van der Waals surface area contributed by atoms with Crippen LogP contribution in [0.25, 0.3) is 0 Å². The molecule has 2 aromatic rings. The molecule has 1 aliphatic heterocycles. The lowest BCUT2D eigenvalue weighted by Gasteiger charge is -2.11. The third-order valence-electron chi connectivity index (χ3n) is 3.64. The number of aliphatic imine (C=N–C) groups is 1. The fraction of sp³-hybridized carbons (Fsp3) is 0.294. The molecule has 2 heterocycles. The molecule has 3 nitrogen and oxygen atoms in total. The van der Waals surface area contributed by atoms with E-state index in [2.05, 4.69) is 9.98 Å². The second-order valence-electron chi connectivity index (χ2n) is 5.48. The molecule has 0 bridgehead atoms. The van der Waals surface area contributed by atoms with E-state index < -0.39 is 12.2 Å². The summed E-state index contributed by atoms with van der Waals surface area (Å²) in [5.41, 5.74) is 1.68. The fourth-order valence-corrected chi connectivity index (χ4v) is 2.55. The number of nitrogens with zero attached hydrogens (tertiary/aromatic N) is 2. The Morgan fingerprint density at radius 1 is 1.30 bits per heavy atom. The predicted molar refractivity (Wildman–Crippen MR) is 80.9 cm³/mol. The van der Waals surface area contributed by atoms with Crippen LogP contribution in [0.2, 0.25) is 0 Å². The SMILES string of the molecule is Cc1cc(C2=N[C@@H](C)COc3c(F)cccc32)cnc1C(F)F. The van der Waals surface area contributed by atoms with Gasteiger partial charge in [-0.2, -0.15) is 0 Å². The fourth-order valence-electron chi connectivity index (χ4n) is 2.55. The zero-order chi connectivity index (χ0) is 16.6. The topological polar surface area (TPSA) is 34.5 Å². The van der Waals surface area contributed by atoms with Gasteiger partial charge in [0.2, 0.25) is 0 Å². The summed E-state index contributed by atoms with van der Waals surface area (Å²) in [5.74, 6) is -0.343. The molecule has 0 saturated heterocycles. The summed E-state index contributed by atoms with van der Waals surface area (Å²) < 4.78 is 45.2. The summed E-state index contributed by atoms with van der Waals surface area (Å²) in [6, 6.07) is 5.99. The van der Waals surface area contributed by atoms with Gasteiger partial charge in [-0.15, -0.1) is 0 Å². The third-order valence-corrected chi connectivity index (χ3v) is 3.64. The Hall–Kier alpha value is -2.37. The summed E-state index contributed by atoms with van der Waals surface area (Å²) in [4.78, 5) is 8.38. The van der Waals surface area contributed by atoms with Crippen molar-refractivity contribution in [3.63, 3.8) is 0 Å². The first-order valence-corrected chi connectivity index (χ1v) is 7.22. The number of alkyl halides is 2. The standard InChI is InChI=1S/C17H15F3N2O/c1-9-6-11(7-21-14(9)17(19)20)15-12-4-3-5-13(18)16(12)23-8-10(2)22-15/h3-7,10,17H,8H2,1-2H3/t10-/m0/s1. The Labute approximate surface area is 131 Å². The summed E-state index contributed by atoms with van der Waals surface area (Å²) in [6.45, 7) is 3.66. The Kier molecular flexibility index (Phi) is 4.07. The monoisotopic (exact) mass is 320 g/mol. The van der Waals surface area contributed by atoms with Gasteiger partial charge in [0.15, 0.2) is 11.6 Å². The maximum absolute atomic E-state index is 14.0. The highest BCUT2D eigenvalue weighted by Crippen LogP contribution is 2.29. The number of hydrogen-bond donors (Lipinski definition) is 0. The molecule has 6 heteroatoms. The summed E-state index contributed by atoms with van der Waals surface area (Å²) in [5, 5.41) is 0. The zero-order valence-corrected chi connectivity index (χ0v) is 12.7. The molecule has 0 unspecified atom stereocenters. The van der Waals surface area contributed by atoms with E-state index in [1.165, 1.54) is 12.3 Å². The number of pyridine rings is 1. The van der Waals surface area contributed by atoms with E-state index in [-0.39, 0.29) is 24.1 Å². The molecule has 120 valence electrons. The second kappa shape index (κ2) is 6.02. The highest BCUT2D eigenvalue weighted by Gasteiger charge is 2.23. The van der Waals surface area contributed by atoms with Gasteiger partial charge >= 0.3 is 0 Å². The van der Waals surface area contributed by atoms with Gasteiger partial charge in [-0.3, -0.25) is 9.98 Å². The van der Waals surface area contributed by atoms with Crippen molar-refractivity contribution in [2.75, 3.05) is 6.61 Å². The number of benzene rings is 1. The minimum atomic E-state index is -2.63. The van der Waals surface area contributed by atoms with Crippen LogP contribution in [-0.2, 0) is 0 Å². The van der Waals surface area contributed by atoms with Crippen LogP contribution in [0.4, 0.5) is 13.2 Å². The molecule has 1 aromatic carbocycles. The van der Waals surface area contributed by atoms with Gasteiger partial charge in [0, 0.05) is 17.3 Å². The normalized spacial score (nSPS) is 17.3. The van der Waals surface area contributed by atoms with Crippen molar-refractivity contribution in [1.82, 2.24) is 4.98 Å². The van der Waals surface area contributed by atoms with Gasteiger partial charge in [-0.05, 0) is 37.6 Å². The van der Waals surface area contributed by atoms with Crippen molar-refractivity contribution in [3.05, 3.63) is 58.7 Å². The van der Waals surface area contributed by atoms with Gasteiger partial charge in [-0.25, -0.2) is 13.2 Å². The van der Waals surface area contributed by atoms with E-state index in [0.29, 0.717) is 22.4 Å². The van der Waals surface area contributed by atoms with Crippen molar-refractivity contribution < 1.29 is 17.9 Å². The highest BCUT2D eigenvalue weighted by molar-refractivity contribution is 6.14. The number of ether oxygens (including phenoxy) is 1. The lowest BCUT2D eigenvalue weighted by Crippen LogP contribution is -2.11. The molecule has 23 heavy (non-hydrogen) atoms. The molecule has 3 rings (SSSR count). The smallest absolute Gasteiger partial charge is 0.280 e. The van der Waals surface area contributed by atoms with E-state index in [4.69, 9.17) is 4.74 Å². The van der Waals surface area contributed by atoms with Crippen molar-refractivity contribution in [1.29, 1.82) is 0 Å². The van der Waals surface area contributed by atoms with Crippen LogP contribution in [0, 0.1) is 12.7 Å². The number of hydrogen-bond acceptors (Lipinski definition) is 3. The van der Waals surface area contributed by atoms with E-state index in [1.807, 2.05) is 6.92 Å². The average Bonchev–Trinajstić information content (AvgIpc) is 2.67. The second-order valence-corrected chi connectivity index (χ2v) is 5.48. The maximum Gasteiger partial charge on any atom is 0.280 e. The first kappa shape index (κ1) is 15.5. The number of halogens is 3. The maximum atomic E-state index is 14.0. The first-order chi connectivity index (χ1) is 11.0. The van der Waals surface area contributed by atoms with Crippen LogP contribution in [0.5, 0.6) is 5.75 Å². The van der Waals surface area contributed by atoms with Crippen LogP contribution in [-0.4, -0.2) is 23.3 Å². The number of aryl methyl sites for hydroxylation is 1. The van der Waals surface area contributed by atoms with Gasteiger partial charge < -0.3 is 4.74 Å². The molecule has 0 amide bonds. The lowest BCUT2D eigenvalue weighted by molar-refractivity contribution is 0.145. The zero-order valence-electron chi connectivity index (χ0n) is 12.7. The largest absolute Gasteiger partial charge is 0.488 e. The Morgan fingerprint density at radius 3 is 2.78 bits per heavy atom. The molecule has 0 fully saturated rings. The average molecular weight is 320 g/mol. The molecule has 0 N–H and O–H groups in total. The van der Waals surface area contributed by atoms with Gasteiger partial charge in [-0.1, -0.05) is 6.07 Å². The van der Waals surface area contributed by atoms with E-state index in [9.17, 15) is 13.2 Å². The molecule has 0 spiro atoms. The Morgan fingerprint density at radius 2 is 2.09 bits per heavy atom. The minimum absolute atomic E-state index is 0.131. The quantitative estimate of drug-likeness (QED) is 0.835. The molecule has 1 aromatic heterocycles. The lowest BCUT2D eigenvalue weighted by atomic mass is 10.0. The molecule has 1 atom stereocenters. The number of rotatable bonds is 2.